The largest absolute Gasteiger partial charge is 0.355 e. The molecular weight excluding hydrogens is 396 g/mol. The lowest BCUT2D eigenvalue weighted by Gasteiger charge is -2.25. The third-order valence-electron chi connectivity index (χ3n) is 4.19. The molecule has 1 N–H and O–H groups in total. The number of benzene rings is 3. The predicted octanol–water partition coefficient (Wildman–Crippen LogP) is 4.10. The van der Waals surface area contributed by atoms with Crippen LogP contribution in [0.4, 0.5) is 5.69 Å². The zero-order chi connectivity index (χ0) is 20.1. The molecule has 3 aromatic carbocycles. The average molecular weight is 415 g/mol. The molecule has 0 saturated heterocycles. The molecule has 7 heteroatoms. The summed E-state index contributed by atoms with van der Waals surface area (Å²) in [6.45, 7) is 0.148. The fraction of sp³-hybridized carbons (Fsp3) is 0.0952. The number of carbonyl (C=O) groups is 1. The highest BCUT2D eigenvalue weighted by atomic mass is 35.5. The summed E-state index contributed by atoms with van der Waals surface area (Å²) >= 11 is 5.97. The molecule has 3 aromatic rings. The van der Waals surface area contributed by atoms with E-state index in [-0.39, 0.29) is 22.9 Å². The Morgan fingerprint density at radius 3 is 2.29 bits per heavy atom. The number of carbonyl (C=O) groups excluding carboxylic acids is 1. The first-order valence-corrected chi connectivity index (χ1v) is 10.4. The highest BCUT2D eigenvalue weighted by molar-refractivity contribution is 7.92. The van der Waals surface area contributed by atoms with Crippen molar-refractivity contribution in [1.82, 2.24) is 5.32 Å². The molecule has 0 aromatic heterocycles. The third kappa shape index (κ3) is 4.35. The van der Waals surface area contributed by atoms with Gasteiger partial charge in [-0.3, -0.25) is 9.10 Å². The Balaban J connectivity index is 2.08. The first kappa shape index (κ1) is 19.9. The van der Waals surface area contributed by atoms with E-state index in [1.165, 1.54) is 23.5 Å². The minimum Gasteiger partial charge on any atom is -0.355 e. The molecule has 0 unspecified atom stereocenters. The quantitative estimate of drug-likeness (QED) is 0.660. The first-order chi connectivity index (χ1) is 13.4. The fourth-order valence-electron chi connectivity index (χ4n) is 2.74. The topological polar surface area (TPSA) is 66.5 Å². The number of hydrogen-bond donors (Lipinski definition) is 1. The van der Waals surface area contributed by atoms with Crippen LogP contribution in [0.1, 0.15) is 15.9 Å². The number of nitrogens with zero attached hydrogens (tertiary/aromatic N) is 1. The SMILES string of the molecule is CNC(=O)c1cccc(S(=O)(=O)N(Cc2ccccc2)c2ccc(Cl)cc2)c1. The number of amides is 1. The fourth-order valence-corrected chi connectivity index (χ4v) is 4.37. The van der Waals surface area contributed by atoms with Gasteiger partial charge in [-0.1, -0.05) is 48.0 Å². The maximum absolute atomic E-state index is 13.4. The summed E-state index contributed by atoms with van der Waals surface area (Å²) in [5, 5.41) is 3.02. The van der Waals surface area contributed by atoms with E-state index >= 15 is 0 Å². The number of rotatable bonds is 6. The van der Waals surface area contributed by atoms with Crippen LogP contribution in [0.5, 0.6) is 0 Å². The number of nitrogens with one attached hydrogen (secondary N) is 1. The van der Waals surface area contributed by atoms with Gasteiger partial charge in [0.15, 0.2) is 0 Å². The van der Waals surface area contributed by atoms with Gasteiger partial charge in [-0.25, -0.2) is 8.42 Å². The molecule has 0 bridgehead atoms. The van der Waals surface area contributed by atoms with Crippen LogP contribution in [0.25, 0.3) is 0 Å². The van der Waals surface area contributed by atoms with Crippen molar-refractivity contribution in [1.29, 1.82) is 0 Å². The van der Waals surface area contributed by atoms with Crippen molar-refractivity contribution in [3.8, 4) is 0 Å². The van der Waals surface area contributed by atoms with E-state index in [2.05, 4.69) is 5.32 Å². The molecule has 0 aliphatic carbocycles. The molecule has 28 heavy (non-hydrogen) atoms. The van der Waals surface area contributed by atoms with E-state index in [1.54, 1.807) is 36.4 Å². The summed E-state index contributed by atoms with van der Waals surface area (Å²) in [6.07, 6.45) is 0. The van der Waals surface area contributed by atoms with E-state index < -0.39 is 10.0 Å². The van der Waals surface area contributed by atoms with Crippen molar-refractivity contribution < 1.29 is 13.2 Å². The molecule has 0 fully saturated rings. The Labute approximate surface area is 169 Å². The molecule has 1 amide bonds. The highest BCUT2D eigenvalue weighted by Crippen LogP contribution is 2.27. The Morgan fingerprint density at radius 1 is 0.964 bits per heavy atom. The van der Waals surface area contributed by atoms with E-state index in [1.807, 2.05) is 30.3 Å². The van der Waals surface area contributed by atoms with E-state index in [4.69, 9.17) is 11.6 Å². The lowest BCUT2D eigenvalue weighted by molar-refractivity contribution is 0.0963. The van der Waals surface area contributed by atoms with Crippen LogP contribution >= 0.6 is 11.6 Å². The van der Waals surface area contributed by atoms with Crippen LogP contribution in [-0.2, 0) is 16.6 Å². The second kappa shape index (κ2) is 8.46. The predicted molar refractivity (Wildman–Crippen MR) is 111 cm³/mol. The Bertz CT molecular complexity index is 1070. The van der Waals surface area contributed by atoms with Gasteiger partial charge in [-0.05, 0) is 48.0 Å². The molecule has 0 saturated carbocycles. The van der Waals surface area contributed by atoms with Gasteiger partial charge in [0.1, 0.15) is 0 Å². The lowest BCUT2D eigenvalue weighted by atomic mass is 10.2. The summed E-state index contributed by atoms with van der Waals surface area (Å²) in [4.78, 5) is 12.0. The molecule has 0 heterocycles. The van der Waals surface area contributed by atoms with Crippen molar-refractivity contribution in [3.05, 3.63) is 95.0 Å². The summed E-state index contributed by atoms with van der Waals surface area (Å²) in [7, 11) is -2.42. The van der Waals surface area contributed by atoms with Crippen LogP contribution in [-0.4, -0.2) is 21.4 Å². The maximum Gasteiger partial charge on any atom is 0.264 e. The van der Waals surface area contributed by atoms with Crippen molar-refractivity contribution in [2.45, 2.75) is 11.4 Å². The van der Waals surface area contributed by atoms with Crippen molar-refractivity contribution in [2.24, 2.45) is 0 Å². The van der Waals surface area contributed by atoms with Crippen molar-refractivity contribution in [3.63, 3.8) is 0 Å². The second-order valence-corrected chi connectivity index (χ2v) is 8.38. The molecule has 0 spiro atoms. The van der Waals surface area contributed by atoms with E-state index in [0.717, 1.165) is 5.56 Å². The first-order valence-electron chi connectivity index (χ1n) is 8.56. The van der Waals surface area contributed by atoms with Crippen LogP contribution < -0.4 is 9.62 Å². The van der Waals surface area contributed by atoms with Gasteiger partial charge in [-0.2, -0.15) is 0 Å². The Hall–Kier alpha value is -2.83. The standard InChI is InChI=1S/C21H19ClN2O3S/c1-23-21(25)17-8-5-9-20(14-17)28(26,27)24(15-16-6-3-2-4-7-16)19-12-10-18(22)11-13-19/h2-14H,15H2,1H3,(H,23,25). The van der Waals surface area contributed by atoms with Crippen LogP contribution in [0.2, 0.25) is 5.02 Å². The molecule has 0 atom stereocenters. The minimum absolute atomic E-state index is 0.0412. The summed E-state index contributed by atoms with van der Waals surface area (Å²) in [6, 6.07) is 21.9. The number of anilines is 1. The minimum atomic E-state index is -3.92. The van der Waals surface area contributed by atoms with Gasteiger partial charge in [-0.15, -0.1) is 0 Å². The monoisotopic (exact) mass is 414 g/mol. The Kier molecular flexibility index (Phi) is 6.02. The van der Waals surface area contributed by atoms with Crippen LogP contribution in [0, 0.1) is 0 Å². The zero-order valence-electron chi connectivity index (χ0n) is 15.2. The summed E-state index contributed by atoms with van der Waals surface area (Å²) < 4.78 is 28.2. The summed E-state index contributed by atoms with van der Waals surface area (Å²) in [5.41, 5.74) is 1.60. The molecule has 144 valence electrons. The average Bonchev–Trinajstić information content (AvgIpc) is 2.73. The zero-order valence-corrected chi connectivity index (χ0v) is 16.7. The van der Waals surface area contributed by atoms with Gasteiger partial charge in [0.05, 0.1) is 17.1 Å². The third-order valence-corrected chi connectivity index (χ3v) is 6.22. The van der Waals surface area contributed by atoms with Gasteiger partial charge < -0.3 is 5.32 Å². The van der Waals surface area contributed by atoms with Gasteiger partial charge in [0.2, 0.25) is 0 Å². The van der Waals surface area contributed by atoms with Gasteiger partial charge in [0.25, 0.3) is 15.9 Å². The molecule has 0 aliphatic heterocycles. The number of hydrogen-bond acceptors (Lipinski definition) is 3. The van der Waals surface area contributed by atoms with Crippen LogP contribution in [0.3, 0.4) is 0 Å². The van der Waals surface area contributed by atoms with Crippen LogP contribution in [0.15, 0.2) is 83.8 Å². The van der Waals surface area contributed by atoms with E-state index in [0.29, 0.717) is 10.7 Å². The van der Waals surface area contributed by atoms with Crippen molar-refractivity contribution >= 4 is 33.2 Å². The van der Waals surface area contributed by atoms with Gasteiger partial charge >= 0.3 is 0 Å². The highest BCUT2D eigenvalue weighted by Gasteiger charge is 2.26. The van der Waals surface area contributed by atoms with E-state index in [9.17, 15) is 13.2 Å². The molecule has 3 rings (SSSR count). The number of sulfonamides is 1. The summed E-state index contributed by atoms with van der Waals surface area (Å²) in [5.74, 6) is -0.349. The lowest BCUT2D eigenvalue weighted by Crippen LogP contribution is -2.31. The molecule has 0 aliphatic rings. The number of halogens is 1. The molecule has 0 radical (unpaired) electrons. The normalized spacial score (nSPS) is 11.1. The van der Waals surface area contributed by atoms with Crippen molar-refractivity contribution in [2.75, 3.05) is 11.4 Å². The Morgan fingerprint density at radius 2 is 1.64 bits per heavy atom. The second-order valence-electron chi connectivity index (χ2n) is 6.08. The smallest absolute Gasteiger partial charge is 0.264 e. The molecular formula is C21H19ClN2O3S. The molecule has 5 nitrogen and oxygen atoms in total. The van der Waals surface area contributed by atoms with Gasteiger partial charge in [0, 0.05) is 17.6 Å². The maximum atomic E-state index is 13.4.